The highest BCUT2D eigenvalue weighted by atomic mass is 16.2. The van der Waals surface area contributed by atoms with Gasteiger partial charge in [-0.05, 0) is 19.1 Å². The monoisotopic (exact) mass is 356 g/mol. The first-order valence-electron chi connectivity index (χ1n) is 8.34. The molecular weight excluding hydrogens is 336 g/mol. The number of rotatable bonds is 5. The van der Waals surface area contributed by atoms with E-state index in [4.69, 9.17) is 0 Å². The van der Waals surface area contributed by atoms with Crippen LogP contribution in [-0.2, 0) is 14.1 Å². The molecule has 8 nitrogen and oxygen atoms in total. The van der Waals surface area contributed by atoms with Gasteiger partial charge in [0.05, 0.1) is 11.1 Å². The van der Waals surface area contributed by atoms with Crippen LogP contribution < -0.4 is 16.1 Å². The second kappa shape index (κ2) is 6.62. The molecule has 3 rings (SSSR count). The number of hydrogen-bond acceptors (Lipinski definition) is 5. The van der Waals surface area contributed by atoms with Gasteiger partial charge in [0, 0.05) is 39.8 Å². The van der Waals surface area contributed by atoms with Crippen LogP contribution in [0.25, 0.3) is 0 Å². The van der Waals surface area contributed by atoms with E-state index in [0.29, 0.717) is 30.0 Å². The van der Waals surface area contributed by atoms with Gasteiger partial charge >= 0.3 is 5.69 Å². The van der Waals surface area contributed by atoms with Crippen molar-refractivity contribution in [3.05, 3.63) is 62.3 Å². The maximum Gasteiger partial charge on any atom is 0.332 e. The number of nitrogens with zero attached hydrogens (tertiary/aromatic N) is 4. The van der Waals surface area contributed by atoms with Crippen LogP contribution in [0.3, 0.4) is 0 Å². The van der Waals surface area contributed by atoms with Gasteiger partial charge in [-0.25, -0.2) is 4.79 Å². The van der Waals surface area contributed by atoms with Gasteiger partial charge in [-0.2, -0.15) is 0 Å². The molecule has 1 aliphatic rings. The van der Waals surface area contributed by atoms with E-state index in [1.54, 1.807) is 36.2 Å². The SMILES string of the molecule is CCN(CCN1C(=O)c2ccccc2C1=O)c1cc(=O)n(C)c(=O)n1C. The molecule has 0 fully saturated rings. The molecule has 0 N–H and O–H groups in total. The molecule has 0 aliphatic carbocycles. The lowest BCUT2D eigenvalue weighted by Gasteiger charge is -2.27. The first-order valence-corrected chi connectivity index (χ1v) is 8.34. The highest BCUT2D eigenvalue weighted by molar-refractivity contribution is 6.21. The van der Waals surface area contributed by atoms with Crippen molar-refractivity contribution in [2.24, 2.45) is 14.1 Å². The molecule has 0 atom stereocenters. The summed E-state index contributed by atoms with van der Waals surface area (Å²) in [5, 5.41) is 0. The summed E-state index contributed by atoms with van der Waals surface area (Å²) in [6, 6.07) is 8.10. The van der Waals surface area contributed by atoms with Gasteiger partial charge in [0.25, 0.3) is 17.4 Å². The molecule has 1 aromatic heterocycles. The number of benzene rings is 1. The van der Waals surface area contributed by atoms with E-state index in [2.05, 4.69) is 0 Å². The summed E-state index contributed by atoms with van der Waals surface area (Å²) in [6.07, 6.45) is 0. The normalized spacial score (nSPS) is 13.3. The molecule has 26 heavy (non-hydrogen) atoms. The number of anilines is 1. The quantitative estimate of drug-likeness (QED) is 0.715. The van der Waals surface area contributed by atoms with Crippen molar-refractivity contribution in [2.45, 2.75) is 6.92 Å². The molecule has 1 aliphatic heterocycles. The summed E-state index contributed by atoms with van der Waals surface area (Å²) < 4.78 is 2.41. The third-order valence-electron chi connectivity index (χ3n) is 4.68. The maximum absolute atomic E-state index is 12.4. The van der Waals surface area contributed by atoms with E-state index in [1.165, 1.54) is 22.6 Å². The number of amides is 2. The van der Waals surface area contributed by atoms with E-state index in [1.807, 2.05) is 6.92 Å². The van der Waals surface area contributed by atoms with Crippen LogP contribution in [0.4, 0.5) is 5.82 Å². The Bertz CT molecular complexity index is 970. The molecule has 136 valence electrons. The molecule has 2 amide bonds. The fourth-order valence-corrected chi connectivity index (χ4v) is 3.12. The molecule has 0 radical (unpaired) electrons. The van der Waals surface area contributed by atoms with Crippen LogP contribution in [0.5, 0.6) is 0 Å². The topological polar surface area (TPSA) is 84.6 Å². The Morgan fingerprint density at radius 3 is 2.04 bits per heavy atom. The smallest absolute Gasteiger partial charge is 0.332 e. The predicted octanol–water partition coefficient (Wildman–Crippen LogP) is 0.206. The zero-order chi connectivity index (χ0) is 19.0. The van der Waals surface area contributed by atoms with Crippen LogP contribution in [0, 0.1) is 0 Å². The van der Waals surface area contributed by atoms with Crippen LogP contribution in [0.15, 0.2) is 39.9 Å². The second-order valence-corrected chi connectivity index (χ2v) is 6.13. The van der Waals surface area contributed by atoms with Crippen molar-refractivity contribution in [3.8, 4) is 0 Å². The molecule has 0 unspecified atom stereocenters. The molecular formula is C18H20N4O4. The zero-order valence-electron chi connectivity index (χ0n) is 14.9. The third kappa shape index (κ3) is 2.73. The lowest BCUT2D eigenvalue weighted by atomic mass is 10.1. The highest BCUT2D eigenvalue weighted by Gasteiger charge is 2.35. The average Bonchev–Trinajstić information content (AvgIpc) is 2.89. The minimum absolute atomic E-state index is 0.170. The molecule has 2 heterocycles. The Labute approximate surface area is 149 Å². The van der Waals surface area contributed by atoms with Crippen molar-refractivity contribution in [3.63, 3.8) is 0 Å². The van der Waals surface area contributed by atoms with E-state index in [-0.39, 0.29) is 18.4 Å². The molecule has 2 aromatic rings. The van der Waals surface area contributed by atoms with E-state index in [0.717, 1.165) is 4.57 Å². The van der Waals surface area contributed by atoms with Gasteiger partial charge in [0.2, 0.25) is 0 Å². The van der Waals surface area contributed by atoms with Crippen LogP contribution in [0.2, 0.25) is 0 Å². The zero-order valence-corrected chi connectivity index (χ0v) is 14.9. The van der Waals surface area contributed by atoms with E-state index < -0.39 is 11.2 Å². The fraction of sp³-hybridized carbons (Fsp3) is 0.333. The lowest BCUT2D eigenvalue weighted by molar-refractivity contribution is 0.0658. The number of likely N-dealkylation sites (N-methyl/N-ethyl adjacent to an activating group) is 1. The Hall–Kier alpha value is -3.16. The van der Waals surface area contributed by atoms with Gasteiger partial charge < -0.3 is 4.90 Å². The largest absolute Gasteiger partial charge is 0.356 e. The predicted molar refractivity (Wildman–Crippen MR) is 96.6 cm³/mol. The molecule has 0 spiro atoms. The number of aromatic nitrogens is 2. The maximum atomic E-state index is 12.4. The summed E-state index contributed by atoms with van der Waals surface area (Å²) in [5.74, 6) is -0.184. The van der Waals surface area contributed by atoms with Crippen LogP contribution >= 0.6 is 0 Å². The van der Waals surface area contributed by atoms with Gasteiger partial charge in [0.1, 0.15) is 5.82 Å². The Kier molecular flexibility index (Phi) is 4.50. The first kappa shape index (κ1) is 17.7. The summed E-state index contributed by atoms with van der Waals surface area (Å²) in [7, 11) is 3.01. The molecule has 0 bridgehead atoms. The summed E-state index contributed by atoms with van der Waals surface area (Å²) in [6.45, 7) is 2.89. The minimum Gasteiger partial charge on any atom is -0.356 e. The first-order chi connectivity index (χ1) is 12.4. The highest BCUT2D eigenvalue weighted by Crippen LogP contribution is 2.22. The molecule has 0 saturated carbocycles. The van der Waals surface area contributed by atoms with Crippen molar-refractivity contribution in [2.75, 3.05) is 24.5 Å². The second-order valence-electron chi connectivity index (χ2n) is 6.13. The van der Waals surface area contributed by atoms with E-state index in [9.17, 15) is 19.2 Å². The standard InChI is InChI=1S/C18H20N4O4/c1-4-21(14-11-15(23)20(3)18(26)19(14)2)9-10-22-16(24)12-7-5-6-8-13(12)17(22)25/h5-8,11H,4,9-10H2,1-3H3. The van der Waals surface area contributed by atoms with Gasteiger partial charge in [-0.15, -0.1) is 0 Å². The van der Waals surface area contributed by atoms with Crippen LogP contribution in [0.1, 0.15) is 27.6 Å². The van der Waals surface area contributed by atoms with E-state index >= 15 is 0 Å². The minimum atomic E-state index is -0.424. The van der Waals surface area contributed by atoms with Gasteiger partial charge in [-0.3, -0.25) is 28.4 Å². The third-order valence-corrected chi connectivity index (χ3v) is 4.68. The number of imide groups is 1. The Balaban J connectivity index is 1.84. The Morgan fingerprint density at radius 1 is 0.923 bits per heavy atom. The lowest BCUT2D eigenvalue weighted by Crippen LogP contribution is -2.43. The number of hydrogen-bond donors (Lipinski definition) is 0. The van der Waals surface area contributed by atoms with Crippen molar-refractivity contribution >= 4 is 17.6 Å². The Morgan fingerprint density at radius 2 is 1.50 bits per heavy atom. The average molecular weight is 356 g/mol. The van der Waals surface area contributed by atoms with Crippen LogP contribution in [-0.4, -0.2) is 45.5 Å². The molecule has 1 aromatic carbocycles. The van der Waals surface area contributed by atoms with Crippen molar-refractivity contribution in [1.29, 1.82) is 0 Å². The summed E-state index contributed by atoms with van der Waals surface area (Å²) in [5.41, 5.74) is -0.0166. The number of fused-ring (bicyclic) bond motifs is 1. The molecule has 0 saturated heterocycles. The number of carbonyl (C=O) groups excluding carboxylic acids is 2. The van der Waals surface area contributed by atoms with Gasteiger partial charge in [0.15, 0.2) is 0 Å². The van der Waals surface area contributed by atoms with Crippen molar-refractivity contribution in [1.82, 2.24) is 14.0 Å². The molecule has 8 heteroatoms. The fourth-order valence-electron chi connectivity index (χ4n) is 3.12. The van der Waals surface area contributed by atoms with Crippen molar-refractivity contribution < 1.29 is 9.59 Å². The summed E-state index contributed by atoms with van der Waals surface area (Å²) in [4.78, 5) is 52.0. The summed E-state index contributed by atoms with van der Waals surface area (Å²) >= 11 is 0. The van der Waals surface area contributed by atoms with Gasteiger partial charge in [-0.1, -0.05) is 12.1 Å². The number of carbonyl (C=O) groups is 2.